The molecule has 0 aromatic carbocycles. The van der Waals surface area contributed by atoms with Crippen LogP contribution in [-0.4, -0.2) is 21.6 Å². The molecule has 0 spiro atoms. The Balaban J connectivity index is 2.17. The number of hydrazone groups is 1. The molecule has 5 nitrogen and oxygen atoms in total. The predicted octanol–water partition coefficient (Wildman–Crippen LogP) is 1.62. The van der Waals surface area contributed by atoms with E-state index in [2.05, 4.69) is 28.9 Å². The van der Waals surface area contributed by atoms with Crippen LogP contribution in [-0.2, 0) is 4.79 Å². The van der Waals surface area contributed by atoms with Crippen molar-refractivity contribution in [2.75, 3.05) is 5.01 Å². The number of hydrogen-bond acceptors (Lipinski definition) is 4. The van der Waals surface area contributed by atoms with Gasteiger partial charge in [0.25, 0.3) is 5.91 Å². The number of nitrogens with zero attached hydrogens (tertiary/aromatic N) is 4. The van der Waals surface area contributed by atoms with Crippen molar-refractivity contribution in [1.29, 1.82) is 0 Å². The van der Waals surface area contributed by atoms with Crippen LogP contribution >= 0.6 is 0 Å². The molecular formula is C11H14N4O. The maximum atomic E-state index is 11.7. The molecule has 1 aliphatic heterocycles. The molecule has 0 atom stereocenters. The highest BCUT2D eigenvalue weighted by Crippen LogP contribution is 2.19. The second-order valence-electron chi connectivity index (χ2n) is 4.21. The van der Waals surface area contributed by atoms with Gasteiger partial charge in [0.2, 0.25) is 0 Å². The number of hydrogen-bond donors (Lipinski definition) is 0. The highest BCUT2D eigenvalue weighted by molar-refractivity contribution is 6.12. The molecule has 5 heteroatoms. The number of rotatable bonds is 3. The highest BCUT2D eigenvalue weighted by atomic mass is 16.2. The zero-order valence-electron chi connectivity index (χ0n) is 9.42. The number of aromatic nitrogens is 2. The number of anilines is 1. The van der Waals surface area contributed by atoms with Crippen LogP contribution < -0.4 is 5.01 Å². The normalized spacial score (nSPS) is 15.8. The molecule has 0 unspecified atom stereocenters. The highest BCUT2D eigenvalue weighted by Gasteiger charge is 2.26. The zero-order valence-corrected chi connectivity index (χ0v) is 9.42. The lowest BCUT2D eigenvalue weighted by molar-refractivity contribution is -0.116. The molecule has 0 aliphatic carbocycles. The van der Waals surface area contributed by atoms with E-state index >= 15 is 0 Å². The minimum atomic E-state index is -0.0191. The Labute approximate surface area is 94.2 Å². The van der Waals surface area contributed by atoms with Gasteiger partial charge in [-0.2, -0.15) is 10.1 Å². The first-order valence-electron chi connectivity index (χ1n) is 5.32. The molecule has 16 heavy (non-hydrogen) atoms. The van der Waals surface area contributed by atoms with Crippen molar-refractivity contribution in [3.8, 4) is 0 Å². The van der Waals surface area contributed by atoms with E-state index in [1.807, 2.05) is 0 Å². The van der Waals surface area contributed by atoms with Crippen molar-refractivity contribution >= 4 is 17.4 Å². The van der Waals surface area contributed by atoms with Crippen LogP contribution in [0.1, 0.15) is 26.7 Å². The summed E-state index contributed by atoms with van der Waals surface area (Å²) in [7, 11) is 0. The van der Waals surface area contributed by atoms with E-state index < -0.39 is 0 Å². The molecule has 0 radical (unpaired) electrons. The van der Waals surface area contributed by atoms with Crippen LogP contribution in [0.2, 0.25) is 0 Å². The number of carbonyl (C=O) groups is 1. The first kappa shape index (κ1) is 10.7. The van der Waals surface area contributed by atoms with Gasteiger partial charge in [-0.1, -0.05) is 13.8 Å². The molecule has 0 fully saturated rings. The molecule has 2 rings (SSSR count). The van der Waals surface area contributed by atoms with E-state index in [4.69, 9.17) is 0 Å². The van der Waals surface area contributed by atoms with Gasteiger partial charge in [-0.3, -0.25) is 4.79 Å². The summed E-state index contributed by atoms with van der Waals surface area (Å²) in [6.07, 6.45) is 4.28. The van der Waals surface area contributed by atoms with Crippen molar-refractivity contribution in [3.63, 3.8) is 0 Å². The minimum absolute atomic E-state index is 0.0191. The van der Waals surface area contributed by atoms with Gasteiger partial charge in [-0.15, -0.1) is 0 Å². The molecule has 0 bridgehead atoms. The maximum Gasteiger partial charge on any atom is 0.254 e. The molecule has 0 saturated heterocycles. The molecule has 0 saturated carbocycles. The lowest BCUT2D eigenvalue weighted by Crippen LogP contribution is -2.20. The first-order chi connectivity index (χ1) is 7.66. The van der Waals surface area contributed by atoms with Crippen molar-refractivity contribution in [2.24, 2.45) is 11.0 Å². The van der Waals surface area contributed by atoms with Gasteiger partial charge in [0.15, 0.2) is 5.82 Å². The van der Waals surface area contributed by atoms with Crippen LogP contribution in [0.4, 0.5) is 5.82 Å². The lowest BCUT2D eigenvalue weighted by Gasteiger charge is -2.08. The van der Waals surface area contributed by atoms with E-state index in [-0.39, 0.29) is 5.91 Å². The van der Waals surface area contributed by atoms with Gasteiger partial charge >= 0.3 is 0 Å². The van der Waals surface area contributed by atoms with Crippen LogP contribution in [0.25, 0.3) is 0 Å². The standard InChI is InChI=1S/C11H14N4O/c1-8(2)5-9-6-11(16)15(14-9)10-3-4-12-7-13-10/h3-4,7-8H,5-6H2,1-2H3. The van der Waals surface area contributed by atoms with Crippen LogP contribution in [0.15, 0.2) is 23.7 Å². The summed E-state index contributed by atoms with van der Waals surface area (Å²) in [6.45, 7) is 4.22. The largest absolute Gasteiger partial charge is 0.272 e. The summed E-state index contributed by atoms with van der Waals surface area (Å²) in [5, 5.41) is 5.65. The fourth-order valence-electron chi connectivity index (χ4n) is 1.65. The summed E-state index contributed by atoms with van der Waals surface area (Å²) in [5.41, 5.74) is 0.929. The quantitative estimate of drug-likeness (QED) is 0.774. The smallest absolute Gasteiger partial charge is 0.254 e. The number of amides is 1. The minimum Gasteiger partial charge on any atom is -0.272 e. The van der Waals surface area contributed by atoms with E-state index in [1.54, 1.807) is 12.3 Å². The third kappa shape index (κ3) is 2.24. The first-order valence-corrected chi connectivity index (χ1v) is 5.32. The van der Waals surface area contributed by atoms with Crippen LogP contribution in [0.3, 0.4) is 0 Å². The third-order valence-corrected chi connectivity index (χ3v) is 2.26. The fraction of sp³-hybridized carbons (Fsp3) is 0.455. The topological polar surface area (TPSA) is 58.5 Å². The molecule has 0 N–H and O–H groups in total. The Morgan fingerprint density at radius 3 is 2.94 bits per heavy atom. The SMILES string of the molecule is CC(C)CC1=NN(c2ccncn2)C(=O)C1. The molecule has 2 heterocycles. The average molecular weight is 218 g/mol. The van der Waals surface area contributed by atoms with Crippen molar-refractivity contribution < 1.29 is 4.79 Å². The molecule has 84 valence electrons. The van der Waals surface area contributed by atoms with Gasteiger partial charge in [0.1, 0.15) is 6.33 Å². The average Bonchev–Trinajstić information content (AvgIpc) is 2.60. The van der Waals surface area contributed by atoms with E-state index in [1.165, 1.54) is 11.3 Å². The Morgan fingerprint density at radius 2 is 2.31 bits per heavy atom. The monoisotopic (exact) mass is 218 g/mol. The Kier molecular flexibility index (Phi) is 2.94. The molecule has 1 aromatic rings. The van der Waals surface area contributed by atoms with E-state index in [0.29, 0.717) is 18.2 Å². The van der Waals surface area contributed by atoms with Gasteiger partial charge in [-0.25, -0.2) is 9.97 Å². The van der Waals surface area contributed by atoms with Crippen molar-refractivity contribution in [2.45, 2.75) is 26.7 Å². The van der Waals surface area contributed by atoms with Gasteiger partial charge in [0.05, 0.1) is 6.42 Å². The van der Waals surface area contributed by atoms with Crippen molar-refractivity contribution in [3.05, 3.63) is 18.6 Å². The molecular weight excluding hydrogens is 204 g/mol. The van der Waals surface area contributed by atoms with Crippen molar-refractivity contribution in [1.82, 2.24) is 9.97 Å². The number of carbonyl (C=O) groups excluding carboxylic acids is 1. The Bertz CT molecular complexity index is 413. The predicted molar refractivity (Wildman–Crippen MR) is 61.0 cm³/mol. The van der Waals surface area contributed by atoms with E-state index in [9.17, 15) is 4.79 Å². The summed E-state index contributed by atoms with van der Waals surface area (Å²) in [4.78, 5) is 19.5. The van der Waals surface area contributed by atoms with Gasteiger partial charge in [0, 0.05) is 18.0 Å². The fourth-order valence-corrected chi connectivity index (χ4v) is 1.65. The Hall–Kier alpha value is -1.78. The van der Waals surface area contributed by atoms with Crippen LogP contribution in [0, 0.1) is 5.92 Å². The second kappa shape index (κ2) is 4.38. The summed E-state index contributed by atoms with van der Waals surface area (Å²) in [5.74, 6) is 1.03. The summed E-state index contributed by atoms with van der Waals surface area (Å²) >= 11 is 0. The maximum absolute atomic E-state index is 11.7. The summed E-state index contributed by atoms with van der Waals surface area (Å²) in [6, 6.07) is 1.68. The molecule has 1 aliphatic rings. The zero-order chi connectivity index (χ0) is 11.5. The van der Waals surface area contributed by atoms with E-state index in [0.717, 1.165) is 12.1 Å². The van der Waals surface area contributed by atoms with Gasteiger partial charge in [-0.05, 0) is 12.3 Å². The third-order valence-electron chi connectivity index (χ3n) is 2.26. The van der Waals surface area contributed by atoms with Crippen LogP contribution in [0.5, 0.6) is 0 Å². The molecule has 1 amide bonds. The summed E-state index contributed by atoms with van der Waals surface area (Å²) < 4.78 is 0. The molecule has 1 aromatic heterocycles. The van der Waals surface area contributed by atoms with Gasteiger partial charge < -0.3 is 0 Å². The second-order valence-corrected chi connectivity index (χ2v) is 4.21. The lowest BCUT2D eigenvalue weighted by atomic mass is 10.1. The Morgan fingerprint density at radius 1 is 1.50 bits per heavy atom.